The van der Waals surface area contributed by atoms with Crippen molar-refractivity contribution in [1.82, 2.24) is 5.32 Å². The molecule has 0 spiro atoms. The zero-order valence-electron chi connectivity index (χ0n) is 12.7. The molecular formula is C15H19Cl3F2N2O2. The van der Waals surface area contributed by atoms with Gasteiger partial charge < -0.3 is 15.8 Å². The van der Waals surface area contributed by atoms with Crippen molar-refractivity contribution in [2.24, 2.45) is 11.7 Å². The molecule has 1 aliphatic rings. The first-order valence-electron chi connectivity index (χ1n) is 7.32. The molecule has 1 amide bonds. The van der Waals surface area contributed by atoms with Gasteiger partial charge in [-0.1, -0.05) is 29.6 Å². The normalized spacial score (nSPS) is 19.9. The number of nitrogens with two attached hydrogens (primary N) is 1. The molecule has 0 unspecified atom stereocenters. The Morgan fingerprint density at radius 3 is 2.67 bits per heavy atom. The molecule has 1 aliphatic carbocycles. The van der Waals surface area contributed by atoms with Gasteiger partial charge in [-0.3, -0.25) is 4.79 Å². The Morgan fingerprint density at radius 1 is 1.38 bits per heavy atom. The minimum atomic E-state index is -3.01. The number of hydrogen-bond acceptors (Lipinski definition) is 3. The highest BCUT2D eigenvalue weighted by molar-refractivity contribution is 6.35. The molecule has 0 heterocycles. The summed E-state index contributed by atoms with van der Waals surface area (Å²) in [6, 6.07) is 2.79. The van der Waals surface area contributed by atoms with E-state index in [1.807, 2.05) is 0 Å². The summed E-state index contributed by atoms with van der Waals surface area (Å²) in [6.07, 6.45) is 3.20. The van der Waals surface area contributed by atoms with E-state index in [9.17, 15) is 13.6 Å². The van der Waals surface area contributed by atoms with Gasteiger partial charge in [-0.25, -0.2) is 0 Å². The summed E-state index contributed by atoms with van der Waals surface area (Å²) in [6.45, 7) is -3.01. The maximum absolute atomic E-state index is 12.5. The molecule has 136 valence electrons. The first kappa shape index (κ1) is 21.2. The molecule has 2 atom stereocenters. The second kappa shape index (κ2) is 9.61. The Kier molecular flexibility index (Phi) is 8.50. The average molecular weight is 404 g/mol. The third-order valence-electron chi connectivity index (χ3n) is 3.93. The van der Waals surface area contributed by atoms with Gasteiger partial charge in [-0.2, -0.15) is 8.78 Å². The summed E-state index contributed by atoms with van der Waals surface area (Å²) in [7, 11) is 0. The topological polar surface area (TPSA) is 64.4 Å². The van der Waals surface area contributed by atoms with E-state index >= 15 is 0 Å². The van der Waals surface area contributed by atoms with Crippen LogP contribution in [0.2, 0.25) is 10.0 Å². The Morgan fingerprint density at radius 2 is 2.08 bits per heavy atom. The predicted octanol–water partition coefficient (Wildman–Crippen LogP) is 4.15. The second-order valence-electron chi connectivity index (χ2n) is 5.59. The Balaban J connectivity index is 0.00000288. The van der Waals surface area contributed by atoms with E-state index < -0.39 is 6.61 Å². The fourth-order valence-corrected chi connectivity index (χ4v) is 3.37. The lowest BCUT2D eigenvalue weighted by atomic mass is 10.00. The third-order valence-corrected chi connectivity index (χ3v) is 4.43. The predicted molar refractivity (Wildman–Crippen MR) is 92.1 cm³/mol. The maximum Gasteiger partial charge on any atom is 0.387 e. The standard InChI is InChI=1S/C15H18Cl2F2N2O2.ClH/c16-10-4-9(14(11(17)6-10)23-15(18)19)7-21-13(22)5-8-2-1-3-12(8)20;/h4,6,8,12,15H,1-3,5,7,20H2,(H,21,22);1H/t8-,12+;/m0./s1. The van der Waals surface area contributed by atoms with E-state index in [4.69, 9.17) is 28.9 Å². The molecule has 0 saturated heterocycles. The summed E-state index contributed by atoms with van der Waals surface area (Å²) in [5.41, 5.74) is 6.23. The van der Waals surface area contributed by atoms with Crippen LogP contribution in [0, 0.1) is 5.92 Å². The van der Waals surface area contributed by atoms with Gasteiger partial charge >= 0.3 is 6.61 Å². The van der Waals surface area contributed by atoms with Crippen molar-refractivity contribution in [1.29, 1.82) is 0 Å². The van der Waals surface area contributed by atoms with Crippen molar-refractivity contribution in [3.63, 3.8) is 0 Å². The van der Waals surface area contributed by atoms with Crippen LogP contribution < -0.4 is 15.8 Å². The minimum absolute atomic E-state index is 0. The highest BCUT2D eigenvalue weighted by Gasteiger charge is 2.26. The van der Waals surface area contributed by atoms with Crippen LogP contribution in [0.3, 0.4) is 0 Å². The van der Waals surface area contributed by atoms with Crippen molar-refractivity contribution in [2.75, 3.05) is 0 Å². The number of rotatable bonds is 6. The summed E-state index contributed by atoms with van der Waals surface area (Å²) in [5, 5.41) is 2.93. The second-order valence-corrected chi connectivity index (χ2v) is 6.43. The largest absolute Gasteiger partial charge is 0.433 e. The van der Waals surface area contributed by atoms with Crippen molar-refractivity contribution in [3.05, 3.63) is 27.7 Å². The number of halogens is 5. The van der Waals surface area contributed by atoms with Crippen molar-refractivity contribution < 1.29 is 18.3 Å². The smallest absolute Gasteiger partial charge is 0.387 e. The summed E-state index contributed by atoms with van der Waals surface area (Å²) >= 11 is 11.8. The number of amides is 1. The van der Waals surface area contributed by atoms with Gasteiger partial charge in [-0.05, 0) is 30.9 Å². The van der Waals surface area contributed by atoms with E-state index in [1.165, 1.54) is 12.1 Å². The zero-order chi connectivity index (χ0) is 17.0. The fraction of sp³-hybridized carbons (Fsp3) is 0.533. The number of carbonyl (C=O) groups is 1. The van der Waals surface area contributed by atoms with Gasteiger partial charge in [0, 0.05) is 29.6 Å². The molecule has 24 heavy (non-hydrogen) atoms. The zero-order valence-corrected chi connectivity index (χ0v) is 15.1. The molecular weight excluding hydrogens is 385 g/mol. The minimum Gasteiger partial charge on any atom is -0.433 e. The van der Waals surface area contributed by atoms with Crippen molar-refractivity contribution in [3.8, 4) is 5.75 Å². The molecule has 0 radical (unpaired) electrons. The van der Waals surface area contributed by atoms with Gasteiger partial charge in [-0.15, -0.1) is 12.4 Å². The molecule has 4 nitrogen and oxygen atoms in total. The Labute approximate surface area is 155 Å². The first-order valence-corrected chi connectivity index (χ1v) is 8.07. The summed E-state index contributed by atoms with van der Waals surface area (Å²) < 4.78 is 29.4. The highest BCUT2D eigenvalue weighted by Crippen LogP contribution is 2.33. The number of carbonyl (C=O) groups excluding carboxylic acids is 1. The number of hydrogen-bond donors (Lipinski definition) is 2. The fourth-order valence-electron chi connectivity index (χ4n) is 2.79. The van der Waals surface area contributed by atoms with E-state index in [0.29, 0.717) is 12.0 Å². The molecule has 0 bridgehead atoms. The van der Waals surface area contributed by atoms with Crippen LogP contribution in [0.15, 0.2) is 12.1 Å². The van der Waals surface area contributed by atoms with E-state index in [-0.39, 0.29) is 52.6 Å². The molecule has 1 aromatic carbocycles. The lowest BCUT2D eigenvalue weighted by Crippen LogP contribution is -2.31. The quantitative estimate of drug-likeness (QED) is 0.750. The van der Waals surface area contributed by atoms with Crippen LogP contribution in [-0.4, -0.2) is 18.6 Å². The Hall–Kier alpha value is -0.820. The summed E-state index contributed by atoms with van der Waals surface area (Å²) in [5.74, 6) is -0.204. The van der Waals surface area contributed by atoms with E-state index in [0.717, 1.165) is 19.3 Å². The molecule has 0 aromatic heterocycles. The van der Waals surface area contributed by atoms with Crippen molar-refractivity contribution >= 4 is 41.5 Å². The molecule has 2 rings (SSSR count). The van der Waals surface area contributed by atoms with Crippen molar-refractivity contribution in [2.45, 2.75) is 44.9 Å². The molecule has 3 N–H and O–H groups in total. The number of alkyl halides is 2. The third kappa shape index (κ3) is 5.92. The first-order chi connectivity index (χ1) is 10.9. The van der Waals surface area contributed by atoms with Crippen LogP contribution >= 0.6 is 35.6 Å². The average Bonchev–Trinajstić information content (AvgIpc) is 2.85. The number of ether oxygens (including phenoxy) is 1. The van der Waals surface area contributed by atoms with E-state index in [1.54, 1.807) is 0 Å². The number of nitrogens with one attached hydrogen (secondary N) is 1. The van der Waals surface area contributed by atoms with Gasteiger partial charge in [0.25, 0.3) is 0 Å². The van der Waals surface area contributed by atoms with Crippen LogP contribution in [-0.2, 0) is 11.3 Å². The Bertz CT molecular complexity index is 576. The maximum atomic E-state index is 12.5. The van der Waals surface area contributed by atoms with Gasteiger partial charge in [0.05, 0.1) is 5.02 Å². The SMILES string of the molecule is Cl.N[C@@H]1CCC[C@H]1CC(=O)NCc1cc(Cl)cc(Cl)c1OC(F)F. The molecule has 1 aromatic rings. The number of benzene rings is 1. The van der Waals surface area contributed by atoms with Crippen LogP contribution in [0.25, 0.3) is 0 Å². The van der Waals surface area contributed by atoms with Crippen LogP contribution in [0.5, 0.6) is 5.75 Å². The lowest BCUT2D eigenvalue weighted by Gasteiger charge is -2.16. The molecule has 1 fully saturated rings. The van der Waals surface area contributed by atoms with Crippen LogP contribution in [0.4, 0.5) is 8.78 Å². The van der Waals surface area contributed by atoms with Gasteiger partial charge in [0.2, 0.25) is 5.91 Å². The van der Waals surface area contributed by atoms with Gasteiger partial charge in [0.15, 0.2) is 0 Å². The van der Waals surface area contributed by atoms with Crippen LogP contribution in [0.1, 0.15) is 31.2 Å². The molecule has 1 saturated carbocycles. The van der Waals surface area contributed by atoms with E-state index in [2.05, 4.69) is 10.1 Å². The lowest BCUT2D eigenvalue weighted by molar-refractivity contribution is -0.122. The highest BCUT2D eigenvalue weighted by atomic mass is 35.5. The van der Waals surface area contributed by atoms with Gasteiger partial charge in [0.1, 0.15) is 5.75 Å². The molecule has 0 aliphatic heterocycles. The summed E-state index contributed by atoms with van der Waals surface area (Å²) in [4.78, 5) is 12.0. The molecule has 9 heteroatoms. The monoisotopic (exact) mass is 402 g/mol.